The van der Waals surface area contributed by atoms with E-state index >= 15 is 0 Å². The molecule has 0 spiro atoms. The lowest BCUT2D eigenvalue weighted by Crippen LogP contribution is -2.28. The van der Waals surface area contributed by atoms with Crippen LogP contribution in [0.4, 0.5) is 0 Å². The summed E-state index contributed by atoms with van der Waals surface area (Å²) >= 11 is 5.21. The Bertz CT molecular complexity index is 488. The first kappa shape index (κ1) is 18.0. The molecule has 1 atom stereocenters. The van der Waals surface area contributed by atoms with E-state index in [9.17, 15) is 8.42 Å². The van der Waals surface area contributed by atoms with Gasteiger partial charge in [0.2, 0.25) is 0 Å². The Hall–Kier alpha value is -0.0400. The van der Waals surface area contributed by atoms with Gasteiger partial charge in [-0.3, -0.25) is 0 Å². The van der Waals surface area contributed by atoms with Crippen molar-refractivity contribution in [1.82, 2.24) is 5.32 Å². The van der Waals surface area contributed by atoms with Gasteiger partial charge >= 0.3 is 0 Å². The summed E-state index contributed by atoms with van der Waals surface area (Å²) in [7, 11) is -0.903. The van der Waals surface area contributed by atoms with Crippen LogP contribution in [0.2, 0.25) is 0 Å². The van der Waals surface area contributed by atoms with Crippen molar-refractivity contribution in [1.29, 1.82) is 0 Å². The number of thioether (sulfide) groups is 1. The lowest BCUT2D eigenvalue weighted by molar-refractivity contribution is 0.554. The molecule has 1 unspecified atom stereocenters. The highest BCUT2D eigenvalue weighted by atomic mass is 79.9. The van der Waals surface area contributed by atoms with Crippen LogP contribution >= 0.6 is 27.7 Å². The summed E-state index contributed by atoms with van der Waals surface area (Å²) in [6.07, 6.45) is 1.61. The van der Waals surface area contributed by atoms with Gasteiger partial charge in [0.25, 0.3) is 0 Å². The van der Waals surface area contributed by atoms with Crippen LogP contribution in [0.5, 0.6) is 0 Å². The van der Waals surface area contributed by atoms with E-state index in [1.807, 2.05) is 19.2 Å². The maximum absolute atomic E-state index is 11.5. The molecule has 0 saturated heterocycles. The molecule has 0 amide bonds. The molecule has 0 saturated carbocycles. The van der Waals surface area contributed by atoms with Gasteiger partial charge in [-0.05, 0) is 44.2 Å². The van der Waals surface area contributed by atoms with Crippen molar-refractivity contribution in [2.24, 2.45) is 0 Å². The fourth-order valence-corrected chi connectivity index (χ4v) is 3.95. The van der Waals surface area contributed by atoms with E-state index in [1.165, 1.54) is 4.90 Å². The Morgan fingerprint density at radius 3 is 2.50 bits per heavy atom. The fraction of sp³-hybridized carbons (Fsp3) is 0.571. The highest BCUT2D eigenvalue weighted by Gasteiger charge is 2.11. The predicted octanol–water partition coefficient (Wildman–Crippen LogP) is 3.34. The summed E-state index contributed by atoms with van der Waals surface area (Å²) in [5.74, 6) is 1.49. The van der Waals surface area contributed by atoms with Gasteiger partial charge in [-0.1, -0.05) is 22.9 Å². The molecule has 6 heteroatoms. The largest absolute Gasteiger partial charge is 0.316 e. The quantitative estimate of drug-likeness (QED) is 0.668. The van der Waals surface area contributed by atoms with Gasteiger partial charge in [-0.15, -0.1) is 11.8 Å². The molecule has 1 aromatic rings. The van der Waals surface area contributed by atoms with E-state index < -0.39 is 9.84 Å². The normalized spacial score (nSPS) is 13.3. The highest BCUT2D eigenvalue weighted by Crippen LogP contribution is 2.22. The minimum Gasteiger partial charge on any atom is -0.316 e. The average Bonchev–Trinajstić information content (AvgIpc) is 2.44. The van der Waals surface area contributed by atoms with Gasteiger partial charge in [0.15, 0.2) is 0 Å². The number of hydrogen-bond acceptors (Lipinski definition) is 4. The zero-order chi connectivity index (χ0) is 15.0. The van der Waals surface area contributed by atoms with Crippen LogP contribution in [0, 0.1) is 0 Å². The average molecular weight is 380 g/mol. The zero-order valence-corrected chi connectivity index (χ0v) is 15.2. The first-order valence-electron chi connectivity index (χ1n) is 6.73. The SMILES string of the molecule is CCS(=O)(=O)CCCC(CSc1ccc(Br)cc1)NC. The van der Waals surface area contributed by atoms with Crippen LogP contribution in [0.3, 0.4) is 0 Å². The van der Waals surface area contributed by atoms with Crippen LogP contribution < -0.4 is 5.32 Å². The summed E-state index contributed by atoms with van der Waals surface area (Å²) in [5, 5.41) is 3.26. The maximum atomic E-state index is 11.5. The topological polar surface area (TPSA) is 46.2 Å². The highest BCUT2D eigenvalue weighted by molar-refractivity contribution is 9.10. The summed E-state index contributed by atoms with van der Waals surface area (Å²) in [6.45, 7) is 1.70. The Morgan fingerprint density at radius 2 is 1.95 bits per heavy atom. The third-order valence-corrected chi connectivity index (χ3v) is 6.61. The summed E-state index contributed by atoms with van der Waals surface area (Å²) in [4.78, 5) is 1.23. The molecule has 0 aromatic heterocycles. The number of halogens is 1. The van der Waals surface area contributed by atoms with E-state index in [1.54, 1.807) is 18.7 Å². The molecule has 0 radical (unpaired) electrons. The lowest BCUT2D eigenvalue weighted by atomic mass is 10.2. The Kier molecular flexibility index (Phi) is 8.17. The predicted molar refractivity (Wildman–Crippen MR) is 91.3 cm³/mol. The van der Waals surface area contributed by atoms with Crippen LogP contribution in [-0.4, -0.2) is 38.8 Å². The molecular formula is C14H22BrNO2S2. The summed E-state index contributed by atoms with van der Waals surface area (Å²) in [5.41, 5.74) is 0. The lowest BCUT2D eigenvalue weighted by Gasteiger charge is -2.15. The van der Waals surface area contributed by atoms with E-state index in [2.05, 4.69) is 33.4 Å². The van der Waals surface area contributed by atoms with Crippen LogP contribution in [0.15, 0.2) is 33.6 Å². The molecule has 0 heterocycles. The summed E-state index contributed by atoms with van der Waals surface area (Å²) < 4.78 is 24.0. The van der Waals surface area contributed by atoms with Gasteiger partial charge in [0, 0.05) is 26.9 Å². The molecule has 1 N–H and O–H groups in total. The fourth-order valence-electron chi connectivity index (χ4n) is 1.73. The second-order valence-corrected chi connectivity index (χ2v) is 9.11. The van der Waals surface area contributed by atoms with Gasteiger partial charge in [0.05, 0.1) is 5.75 Å². The third kappa shape index (κ3) is 7.11. The van der Waals surface area contributed by atoms with Crippen LogP contribution in [0.25, 0.3) is 0 Å². The minimum atomic E-state index is -2.84. The molecule has 0 bridgehead atoms. The number of nitrogens with one attached hydrogen (secondary N) is 1. The Morgan fingerprint density at radius 1 is 1.30 bits per heavy atom. The van der Waals surface area contributed by atoms with Gasteiger partial charge in [-0.2, -0.15) is 0 Å². The van der Waals surface area contributed by atoms with Crippen molar-refractivity contribution >= 4 is 37.5 Å². The molecule has 0 aliphatic carbocycles. The van der Waals surface area contributed by atoms with Crippen molar-refractivity contribution in [2.45, 2.75) is 30.7 Å². The third-order valence-electron chi connectivity index (χ3n) is 3.12. The van der Waals surface area contributed by atoms with Crippen molar-refractivity contribution in [3.63, 3.8) is 0 Å². The number of benzene rings is 1. The van der Waals surface area contributed by atoms with Gasteiger partial charge < -0.3 is 5.32 Å². The molecule has 0 aliphatic rings. The smallest absolute Gasteiger partial charge is 0.150 e. The van der Waals surface area contributed by atoms with E-state index in [0.29, 0.717) is 11.8 Å². The number of rotatable bonds is 9. The molecule has 1 rings (SSSR count). The molecule has 3 nitrogen and oxygen atoms in total. The van der Waals surface area contributed by atoms with Gasteiger partial charge in [0.1, 0.15) is 9.84 Å². The monoisotopic (exact) mass is 379 g/mol. The van der Waals surface area contributed by atoms with Gasteiger partial charge in [-0.25, -0.2) is 8.42 Å². The molecule has 0 aliphatic heterocycles. The van der Waals surface area contributed by atoms with E-state index in [-0.39, 0.29) is 5.75 Å². The summed E-state index contributed by atoms with van der Waals surface area (Å²) in [6, 6.07) is 8.58. The molecular weight excluding hydrogens is 358 g/mol. The maximum Gasteiger partial charge on any atom is 0.150 e. The van der Waals surface area contributed by atoms with Crippen molar-refractivity contribution in [3.05, 3.63) is 28.7 Å². The molecule has 114 valence electrons. The van der Waals surface area contributed by atoms with Crippen molar-refractivity contribution in [2.75, 3.05) is 24.3 Å². The van der Waals surface area contributed by atoms with Crippen molar-refractivity contribution in [3.8, 4) is 0 Å². The molecule has 1 aromatic carbocycles. The zero-order valence-electron chi connectivity index (χ0n) is 11.9. The number of sulfone groups is 1. The van der Waals surface area contributed by atoms with E-state index in [4.69, 9.17) is 0 Å². The first-order valence-corrected chi connectivity index (χ1v) is 10.3. The minimum absolute atomic E-state index is 0.241. The second kappa shape index (κ2) is 9.07. The first-order chi connectivity index (χ1) is 9.46. The second-order valence-electron chi connectivity index (χ2n) is 4.63. The van der Waals surface area contributed by atoms with Crippen LogP contribution in [-0.2, 0) is 9.84 Å². The molecule has 20 heavy (non-hydrogen) atoms. The Labute approximate surface area is 135 Å². The molecule has 0 fully saturated rings. The number of hydrogen-bond donors (Lipinski definition) is 1. The van der Waals surface area contributed by atoms with E-state index in [0.717, 1.165) is 23.1 Å². The van der Waals surface area contributed by atoms with Crippen molar-refractivity contribution < 1.29 is 8.42 Å². The van der Waals surface area contributed by atoms with Crippen LogP contribution in [0.1, 0.15) is 19.8 Å². The standard InChI is InChI=1S/C14H22BrNO2S2/c1-3-20(17,18)10-4-5-13(16-2)11-19-14-8-6-12(15)7-9-14/h6-9,13,16H,3-5,10-11H2,1-2H3. The Balaban J connectivity index is 2.34.